The summed E-state index contributed by atoms with van der Waals surface area (Å²) in [6.07, 6.45) is 0.701. The van der Waals surface area contributed by atoms with Gasteiger partial charge in [-0.05, 0) is 48.9 Å². The molecular weight excluding hydrogens is 457 g/mol. The van der Waals surface area contributed by atoms with E-state index in [2.05, 4.69) is 10.3 Å². The lowest BCUT2D eigenvalue weighted by molar-refractivity contribution is -0.116. The van der Waals surface area contributed by atoms with Crippen LogP contribution in [0, 0.1) is 0 Å². The van der Waals surface area contributed by atoms with Crippen molar-refractivity contribution in [1.29, 1.82) is 0 Å². The van der Waals surface area contributed by atoms with Crippen molar-refractivity contribution in [2.24, 2.45) is 0 Å². The van der Waals surface area contributed by atoms with Crippen molar-refractivity contribution in [3.05, 3.63) is 63.6 Å². The van der Waals surface area contributed by atoms with Crippen LogP contribution in [0.4, 0.5) is 5.69 Å². The van der Waals surface area contributed by atoms with E-state index in [1.165, 1.54) is 16.2 Å². The molecule has 2 amide bonds. The number of hydrogen-bond acceptors (Lipinski definition) is 5. The number of ether oxygens (including phenoxy) is 1. The summed E-state index contributed by atoms with van der Waals surface area (Å²) in [4.78, 5) is 31.5. The number of thiazole rings is 1. The summed E-state index contributed by atoms with van der Waals surface area (Å²) in [6, 6.07) is 12.3. The van der Waals surface area contributed by atoms with Crippen LogP contribution in [0.3, 0.4) is 0 Å². The van der Waals surface area contributed by atoms with Gasteiger partial charge in [-0.3, -0.25) is 9.59 Å². The van der Waals surface area contributed by atoms with E-state index in [1.54, 1.807) is 30.7 Å². The fourth-order valence-corrected chi connectivity index (χ4v) is 4.02. The highest BCUT2D eigenvalue weighted by Gasteiger charge is 2.21. The normalized spacial score (nSPS) is 10.6. The lowest BCUT2D eigenvalue weighted by Gasteiger charge is -2.21. The summed E-state index contributed by atoms with van der Waals surface area (Å²) in [7, 11) is 1.61. The summed E-state index contributed by atoms with van der Waals surface area (Å²) >= 11 is 13.4. The molecular formula is C22H21Cl2N3O3S. The number of benzene rings is 2. The molecule has 31 heavy (non-hydrogen) atoms. The van der Waals surface area contributed by atoms with Gasteiger partial charge in [0, 0.05) is 22.5 Å². The molecule has 0 aliphatic carbocycles. The second kappa shape index (κ2) is 10.6. The van der Waals surface area contributed by atoms with Gasteiger partial charge < -0.3 is 15.0 Å². The quantitative estimate of drug-likeness (QED) is 0.457. The predicted molar refractivity (Wildman–Crippen MR) is 125 cm³/mol. The minimum atomic E-state index is -0.364. The lowest BCUT2D eigenvalue weighted by atomic mass is 10.2. The van der Waals surface area contributed by atoms with Crippen molar-refractivity contribution in [3.8, 4) is 16.3 Å². The van der Waals surface area contributed by atoms with E-state index in [0.29, 0.717) is 34.4 Å². The minimum absolute atomic E-state index is 0.120. The first kappa shape index (κ1) is 23.1. The monoisotopic (exact) mass is 477 g/mol. The van der Waals surface area contributed by atoms with E-state index in [9.17, 15) is 9.59 Å². The Morgan fingerprint density at radius 2 is 1.90 bits per heavy atom. The Kier molecular flexibility index (Phi) is 7.90. The third kappa shape index (κ3) is 5.97. The van der Waals surface area contributed by atoms with E-state index in [-0.39, 0.29) is 18.4 Å². The van der Waals surface area contributed by atoms with Crippen LogP contribution in [-0.2, 0) is 4.79 Å². The Hall–Kier alpha value is -2.61. The Bertz CT molecular complexity index is 1070. The van der Waals surface area contributed by atoms with Crippen molar-refractivity contribution in [3.63, 3.8) is 0 Å². The SMILES string of the molecule is CCCN(CC(=O)Nc1cc(Cl)ccc1Cl)C(=O)c1csc(-c2ccc(OC)cc2)n1. The number of halogens is 2. The molecule has 2 aromatic carbocycles. The summed E-state index contributed by atoms with van der Waals surface area (Å²) in [5.41, 5.74) is 1.59. The first-order valence-electron chi connectivity index (χ1n) is 9.55. The van der Waals surface area contributed by atoms with Gasteiger partial charge in [0.2, 0.25) is 5.91 Å². The number of hydrogen-bond donors (Lipinski definition) is 1. The molecule has 3 aromatic rings. The molecule has 0 aliphatic heterocycles. The zero-order chi connectivity index (χ0) is 22.4. The predicted octanol–water partition coefficient (Wildman–Crippen LogP) is 5.62. The topological polar surface area (TPSA) is 71.5 Å². The van der Waals surface area contributed by atoms with Gasteiger partial charge in [0.15, 0.2) is 0 Å². The van der Waals surface area contributed by atoms with Gasteiger partial charge in [-0.15, -0.1) is 11.3 Å². The maximum atomic E-state index is 13.0. The van der Waals surface area contributed by atoms with Crippen LogP contribution in [0.25, 0.3) is 10.6 Å². The van der Waals surface area contributed by atoms with Gasteiger partial charge in [0.1, 0.15) is 23.0 Å². The van der Waals surface area contributed by atoms with E-state index in [4.69, 9.17) is 27.9 Å². The van der Waals surface area contributed by atoms with Gasteiger partial charge in [-0.25, -0.2) is 4.98 Å². The van der Waals surface area contributed by atoms with Crippen molar-refractivity contribution >= 4 is 52.0 Å². The maximum Gasteiger partial charge on any atom is 0.273 e. The van der Waals surface area contributed by atoms with Crippen molar-refractivity contribution < 1.29 is 14.3 Å². The Labute approximate surface area is 194 Å². The molecule has 0 atom stereocenters. The third-order valence-corrected chi connectivity index (χ3v) is 5.83. The molecule has 0 fully saturated rings. The van der Waals surface area contributed by atoms with Crippen molar-refractivity contribution in [2.75, 3.05) is 25.5 Å². The number of amides is 2. The largest absolute Gasteiger partial charge is 0.497 e. The fourth-order valence-electron chi connectivity index (χ4n) is 2.88. The molecule has 0 saturated carbocycles. The Balaban J connectivity index is 1.72. The molecule has 1 heterocycles. The lowest BCUT2D eigenvalue weighted by Crippen LogP contribution is -2.38. The molecule has 0 spiro atoms. The van der Waals surface area contributed by atoms with Crippen molar-refractivity contribution in [2.45, 2.75) is 13.3 Å². The first-order chi connectivity index (χ1) is 14.9. The molecule has 1 N–H and O–H groups in total. The van der Waals surface area contributed by atoms with Crippen molar-refractivity contribution in [1.82, 2.24) is 9.88 Å². The highest BCUT2D eigenvalue weighted by molar-refractivity contribution is 7.13. The number of aromatic nitrogens is 1. The molecule has 6 nitrogen and oxygen atoms in total. The van der Waals surface area contributed by atoms with E-state index in [1.807, 2.05) is 31.2 Å². The van der Waals surface area contributed by atoms with Crippen LogP contribution in [0.2, 0.25) is 10.0 Å². The zero-order valence-corrected chi connectivity index (χ0v) is 19.4. The van der Waals surface area contributed by atoms with Crippen LogP contribution >= 0.6 is 34.5 Å². The Morgan fingerprint density at radius 3 is 2.58 bits per heavy atom. The second-order valence-corrected chi connectivity index (χ2v) is 8.37. The number of methoxy groups -OCH3 is 1. The highest BCUT2D eigenvalue weighted by atomic mass is 35.5. The van der Waals surface area contributed by atoms with Crippen LogP contribution in [0.1, 0.15) is 23.8 Å². The van der Waals surface area contributed by atoms with E-state index >= 15 is 0 Å². The van der Waals surface area contributed by atoms with E-state index < -0.39 is 0 Å². The first-order valence-corrected chi connectivity index (χ1v) is 11.2. The molecule has 3 rings (SSSR count). The summed E-state index contributed by atoms with van der Waals surface area (Å²) < 4.78 is 5.17. The Morgan fingerprint density at radius 1 is 1.16 bits per heavy atom. The average Bonchev–Trinajstić information content (AvgIpc) is 3.26. The van der Waals surface area contributed by atoms with Gasteiger partial charge in [0.05, 0.1) is 17.8 Å². The molecule has 0 aliphatic rings. The number of carbonyl (C=O) groups is 2. The molecule has 0 unspecified atom stereocenters. The fraction of sp³-hybridized carbons (Fsp3) is 0.227. The zero-order valence-electron chi connectivity index (χ0n) is 17.0. The van der Waals surface area contributed by atoms with Crippen LogP contribution in [-0.4, -0.2) is 41.9 Å². The van der Waals surface area contributed by atoms with E-state index in [0.717, 1.165) is 16.3 Å². The van der Waals surface area contributed by atoms with Gasteiger partial charge in [0.25, 0.3) is 5.91 Å². The van der Waals surface area contributed by atoms with Crippen LogP contribution < -0.4 is 10.1 Å². The highest BCUT2D eigenvalue weighted by Crippen LogP contribution is 2.27. The number of anilines is 1. The second-order valence-electron chi connectivity index (χ2n) is 6.67. The number of nitrogens with zero attached hydrogens (tertiary/aromatic N) is 2. The van der Waals surface area contributed by atoms with Gasteiger partial charge in [-0.1, -0.05) is 30.1 Å². The standard InChI is InChI=1S/C22H21Cl2N3O3S/c1-3-10-27(12-20(28)25-18-11-15(23)6-9-17(18)24)22(29)19-13-31-21(26-19)14-4-7-16(30-2)8-5-14/h4-9,11,13H,3,10,12H2,1-2H3,(H,25,28). The smallest absolute Gasteiger partial charge is 0.273 e. The number of carbonyl (C=O) groups excluding carboxylic acids is 2. The molecule has 9 heteroatoms. The molecule has 1 aromatic heterocycles. The summed E-state index contributed by atoms with van der Waals surface area (Å²) in [6.45, 7) is 2.24. The molecule has 0 bridgehead atoms. The molecule has 162 valence electrons. The molecule has 0 radical (unpaired) electrons. The van der Waals surface area contributed by atoms with Gasteiger partial charge >= 0.3 is 0 Å². The summed E-state index contributed by atoms with van der Waals surface area (Å²) in [5.74, 6) is 0.0818. The maximum absolute atomic E-state index is 13.0. The summed E-state index contributed by atoms with van der Waals surface area (Å²) in [5, 5.41) is 5.96. The molecule has 0 saturated heterocycles. The van der Waals surface area contributed by atoms with Crippen LogP contribution in [0.15, 0.2) is 47.8 Å². The van der Waals surface area contributed by atoms with Crippen LogP contribution in [0.5, 0.6) is 5.75 Å². The van der Waals surface area contributed by atoms with Gasteiger partial charge in [-0.2, -0.15) is 0 Å². The third-order valence-electron chi connectivity index (χ3n) is 4.38. The average molecular weight is 478 g/mol. The number of nitrogens with one attached hydrogen (secondary N) is 1. The number of rotatable bonds is 8. The minimum Gasteiger partial charge on any atom is -0.497 e.